The van der Waals surface area contributed by atoms with Crippen LogP contribution in [-0.4, -0.2) is 52.2 Å². The van der Waals surface area contributed by atoms with Crippen LogP contribution < -0.4 is 5.32 Å². The molecule has 1 aliphatic heterocycles. The van der Waals surface area contributed by atoms with E-state index in [0.717, 1.165) is 43.0 Å². The third-order valence-electron chi connectivity index (χ3n) is 6.27. The molecule has 2 aliphatic rings. The molecule has 3 aromatic rings. The molecule has 0 spiro atoms. The lowest BCUT2D eigenvalue weighted by Crippen LogP contribution is -2.50. The summed E-state index contributed by atoms with van der Waals surface area (Å²) in [5.74, 6) is 1.00. The number of benzene rings is 2. The summed E-state index contributed by atoms with van der Waals surface area (Å²) in [5.41, 5.74) is 3.22. The van der Waals surface area contributed by atoms with Gasteiger partial charge >= 0.3 is 0 Å². The second-order valence-corrected chi connectivity index (χ2v) is 8.69. The Morgan fingerprint density at radius 1 is 1.16 bits per heavy atom. The minimum atomic E-state index is -0.410. The maximum Gasteiger partial charge on any atom is 0.253 e. The molecule has 0 bridgehead atoms. The Balaban J connectivity index is 1.47. The van der Waals surface area contributed by atoms with Crippen molar-refractivity contribution in [2.24, 2.45) is 0 Å². The highest BCUT2D eigenvalue weighted by atomic mass is 16.5. The van der Waals surface area contributed by atoms with Crippen LogP contribution >= 0.6 is 0 Å². The van der Waals surface area contributed by atoms with Crippen LogP contribution in [0.25, 0.3) is 11.4 Å². The fraction of sp³-hybridized carbons (Fsp3) is 0.385. The lowest BCUT2D eigenvalue weighted by molar-refractivity contribution is -0.148. The van der Waals surface area contributed by atoms with Gasteiger partial charge in [0.05, 0.1) is 18.3 Å². The summed E-state index contributed by atoms with van der Waals surface area (Å²) in [5, 5.41) is 3.28. The third kappa shape index (κ3) is 4.47. The number of carbonyl (C=O) groups excluding carboxylic acids is 1. The first-order valence-corrected chi connectivity index (χ1v) is 11.5. The largest absolute Gasteiger partial charge is 0.366 e. The molecule has 6 nitrogen and oxygen atoms in total. The smallest absolute Gasteiger partial charge is 0.253 e. The molecule has 2 heterocycles. The van der Waals surface area contributed by atoms with E-state index in [2.05, 4.69) is 59.4 Å². The third-order valence-corrected chi connectivity index (χ3v) is 6.27. The molecule has 2 fully saturated rings. The Labute approximate surface area is 189 Å². The first kappa shape index (κ1) is 20.9. The van der Waals surface area contributed by atoms with Gasteiger partial charge in [-0.1, -0.05) is 60.7 Å². The van der Waals surface area contributed by atoms with E-state index < -0.39 is 6.10 Å². The summed E-state index contributed by atoms with van der Waals surface area (Å²) >= 11 is 0. The number of aromatic nitrogens is 2. The van der Waals surface area contributed by atoms with E-state index in [1.165, 1.54) is 5.56 Å². The molecule has 0 unspecified atom stereocenters. The summed E-state index contributed by atoms with van der Waals surface area (Å²) in [6.07, 6.45) is 3.80. The van der Waals surface area contributed by atoms with Crippen molar-refractivity contribution in [3.8, 4) is 11.4 Å². The lowest BCUT2D eigenvalue weighted by Gasteiger charge is -2.33. The van der Waals surface area contributed by atoms with Crippen molar-refractivity contribution >= 4 is 5.91 Å². The standard InChI is InChI=1S/C26H30N4O2/c1-19(30(22-12-13-22)26(31)24-16-27-14-15-32-24)23-18-29(17-20-8-4-2-5-9-20)25(28-23)21-10-6-3-7-11-21/h2-11,18-19,22,24,27H,12-17H2,1H3/t19-,24-/m1/s1. The van der Waals surface area contributed by atoms with Crippen LogP contribution in [0.4, 0.5) is 0 Å². The van der Waals surface area contributed by atoms with Gasteiger partial charge < -0.3 is 19.5 Å². The van der Waals surface area contributed by atoms with Crippen molar-refractivity contribution in [1.29, 1.82) is 0 Å². The summed E-state index contributed by atoms with van der Waals surface area (Å²) in [7, 11) is 0. The predicted molar refractivity (Wildman–Crippen MR) is 124 cm³/mol. The van der Waals surface area contributed by atoms with E-state index in [0.29, 0.717) is 13.2 Å². The van der Waals surface area contributed by atoms with Crippen LogP contribution in [0.2, 0.25) is 0 Å². The first-order valence-electron chi connectivity index (χ1n) is 11.5. The van der Waals surface area contributed by atoms with Gasteiger partial charge in [-0.15, -0.1) is 0 Å². The second kappa shape index (κ2) is 9.27. The molecule has 1 aliphatic carbocycles. The number of nitrogens with zero attached hydrogens (tertiary/aromatic N) is 3. The number of amides is 1. The average Bonchev–Trinajstić information content (AvgIpc) is 3.59. The number of rotatable bonds is 7. The molecule has 1 saturated heterocycles. The summed E-state index contributed by atoms with van der Waals surface area (Å²) in [6, 6.07) is 20.8. The zero-order valence-corrected chi connectivity index (χ0v) is 18.5. The molecular weight excluding hydrogens is 400 g/mol. The van der Waals surface area contributed by atoms with E-state index in [9.17, 15) is 4.79 Å². The van der Waals surface area contributed by atoms with E-state index in [1.807, 2.05) is 29.2 Å². The minimum Gasteiger partial charge on any atom is -0.366 e. The van der Waals surface area contributed by atoms with Crippen LogP contribution in [0.3, 0.4) is 0 Å². The first-order chi connectivity index (χ1) is 15.7. The molecule has 1 N–H and O–H groups in total. The number of ether oxygens (including phenoxy) is 1. The van der Waals surface area contributed by atoms with E-state index in [1.54, 1.807) is 0 Å². The molecule has 5 rings (SSSR count). The highest BCUT2D eigenvalue weighted by molar-refractivity contribution is 5.82. The van der Waals surface area contributed by atoms with Gasteiger partial charge in [-0.3, -0.25) is 4.79 Å². The minimum absolute atomic E-state index is 0.0751. The van der Waals surface area contributed by atoms with Gasteiger partial charge in [0.25, 0.3) is 5.91 Å². The molecule has 2 atom stereocenters. The Morgan fingerprint density at radius 3 is 2.53 bits per heavy atom. The van der Waals surface area contributed by atoms with Crippen LogP contribution in [0, 0.1) is 0 Å². The zero-order valence-electron chi connectivity index (χ0n) is 18.5. The molecule has 32 heavy (non-hydrogen) atoms. The number of carbonyl (C=O) groups is 1. The molecule has 1 amide bonds. The molecule has 1 saturated carbocycles. The monoisotopic (exact) mass is 430 g/mol. The average molecular weight is 431 g/mol. The van der Waals surface area contributed by atoms with Crippen LogP contribution in [0.5, 0.6) is 0 Å². The topological polar surface area (TPSA) is 59.4 Å². The molecular formula is C26H30N4O2. The van der Waals surface area contributed by atoms with Crippen LogP contribution in [0.1, 0.15) is 37.1 Å². The summed E-state index contributed by atoms with van der Waals surface area (Å²) in [6.45, 7) is 4.78. The van der Waals surface area contributed by atoms with Gasteiger partial charge in [-0.2, -0.15) is 0 Å². The highest BCUT2D eigenvalue weighted by Crippen LogP contribution is 2.36. The number of hydrogen-bond acceptors (Lipinski definition) is 4. The second-order valence-electron chi connectivity index (χ2n) is 8.69. The van der Waals surface area contributed by atoms with E-state index in [-0.39, 0.29) is 18.0 Å². The van der Waals surface area contributed by atoms with Gasteiger partial charge in [0.1, 0.15) is 11.9 Å². The van der Waals surface area contributed by atoms with Crippen molar-refractivity contribution < 1.29 is 9.53 Å². The van der Waals surface area contributed by atoms with Gasteiger partial charge in [0.2, 0.25) is 0 Å². The lowest BCUT2D eigenvalue weighted by atomic mass is 10.1. The molecule has 6 heteroatoms. The number of hydrogen-bond donors (Lipinski definition) is 1. The maximum absolute atomic E-state index is 13.4. The van der Waals surface area contributed by atoms with Crippen molar-refractivity contribution in [1.82, 2.24) is 19.8 Å². The SMILES string of the molecule is C[C@H](c1cn(Cc2ccccc2)c(-c2ccccc2)n1)N(C(=O)[C@H]1CNCCO1)C1CC1. The van der Waals surface area contributed by atoms with Gasteiger partial charge in [0, 0.05) is 37.4 Å². The van der Waals surface area contributed by atoms with Gasteiger partial charge in [0.15, 0.2) is 0 Å². The normalized spacial score (nSPS) is 19.5. The predicted octanol–water partition coefficient (Wildman–Crippen LogP) is 3.64. The molecule has 166 valence electrons. The molecule has 1 aromatic heterocycles. The quantitative estimate of drug-likeness (QED) is 0.622. The Kier molecular flexibility index (Phi) is 6.06. The maximum atomic E-state index is 13.4. The van der Waals surface area contributed by atoms with Crippen molar-refractivity contribution in [3.63, 3.8) is 0 Å². The summed E-state index contributed by atoms with van der Waals surface area (Å²) in [4.78, 5) is 20.4. The van der Waals surface area contributed by atoms with E-state index >= 15 is 0 Å². The van der Waals surface area contributed by atoms with Gasteiger partial charge in [-0.25, -0.2) is 4.98 Å². The highest BCUT2D eigenvalue weighted by Gasteiger charge is 2.40. The van der Waals surface area contributed by atoms with Gasteiger partial charge in [-0.05, 0) is 25.3 Å². The Hall–Kier alpha value is -2.96. The number of nitrogens with one attached hydrogen (secondary N) is 1. The molecule has 2 aromatic carbocycles. The van der Waals surface area contributed by atoms with E-state index in [4.69, 9.17) is 9.72 Å². The Bertz CT molecular complexity index is 1040. The number of morpholine rings is 1. The van der Waals surface area contributed by atoms with Crippen LogP contribution in [-0.2, 0) is 16.1 Å². The van der Waals surface area contributed by atoms with Crippen molar-refractivity contribution in [3.05, 3.63) is 78.1 Å². The fourth-order valence-electron chi connectivity index (χ4n) is 4.43. The summed E-state index contributed by atoms with van der Waals surface area (Å²) < 4.78 is 7.98. The van der Waals surface area contributed by atoms with Crippen molar-refractivity contribution in [2.75, 3.05) is 19.7 Å². The zero-order chi connectivity index (χ0) is 21.9. The van der Waals surface area contributed by atoms with Crippen LogP contribution in [0.15, 0.2) is 66.9 Å². The Morgan fingerprint density at radius 2 is 1.88 bits per heavy atom. The molecule has 0 radical (unpaired) electrons. The van der Waals surface area contributed by atoms with Crippen molar-refractivity contribution in [2.45, 2.75) is 44.5 Å². The fourth-order valence-corrected chi connectivity index (χ4v) is 4.43. The number of imidazole rings is 1.